The minimum absolute atomic E-state index is 0.0186. The second-order valence-electron chi connectivity index (χ2n) is 6.22. The van der Waals surface area contributed by atoms with Gasteiger partial charge in [-0.3, -0.25) is 0 Å². The number of hydrogen-bond donors (Lipinski definition) is 0. The smallest absolute Gasteiger partial charge is 0.113 e. The van der Waals surface area contributed by atoms with Crippen molar-refractivity contribution in [3.05, 3.63) is 71.8 Å². The Bertz CT molecular complexity index is 628. The van der Waals surface area contributed by atoms with Gasteiger partial charge in [-0.2, -0.15) is 0 Å². The Balaban J connectivity index is 1.59. The molecule has 2 fully saturated rings. The minimum Gasteiger partial charge on any atom is -0.368 e. The van der Waals surface area contributed by atoms with Gasteiger partial charge in [0.2, 0.25) is 0 Å². The third-order valence-electron chi connectivity index (χ3n) is 4.68. The van der Waals surface area contributed by atoms with Crippen LogP contribution in [0, 0.1) is 0 Å². The number of benzene rings is 2. The molecule has 3 heteroatoms. The molecule has 5 atom stereocenters. The lowest BCUT2D eigenvalue weighted by atomic mass is 9.96. The highest BCUT2D eigenvalue weighted by Gasteiger charge is 2.48. The summed E-state index contributed by atoms with van der Waals surface area (Å²) in [4.78, 5) is 0. The van der Waals surface area contributed by atoms with E-state index in [1.54, 1.807) is 0 Å². The van der Waals surface area contributed by atoms with Crippen LogP contribution in [0.1, 0.15) is 36.7 Å². The molecule has 2 heterocycles. The van der Waals surface area contributed by atoms with Crippen LogP contribution in [0.2, 0.25) is 0 Å². The fraction of sp³-hybridized carbons (Fsp3) is 0.400. The molecule has 4 rings (SSSR count). The highest BCUT2D eigenvalue weighted by atomic mass is 16.6. The molecule has 3 nitrogen and oxygen atoms in total. The van der Waals surface area contributed by atoms with E-state index in [9.17, 15) is 0 Å². The van der Waals surface area contributed by atoms with Gasteiger partial charge in [-0.15, -0.1) is 0 Å². The van der Waals surface area contributed by atoms with Crippen LogP contribution in [0.15, 0.2) is 60.7 Å². The molecular formula is C20H22O3. The Labute approximate surface area is 137 Å². The van der Waals surface area contributed by atoms with Crippen LogP contribution in [0.5, 0.6) is 0 Å². The van der Waals surface area contributed by atoms with Gasteiger partial charge >= 0.3 is 0 Å². The third kappa shape index (κ3) is 3.05. The predicted octanol–water partition coefficient (Wildman–Crippen LogP) is 4.06. The molecule has 0 saturated carbocycles. The molecule has 0 aromatic heterocycles. The number of epoxide rings is 1. The first-order chi connectivity index (χ1) is 11.4. The average Bonchev–Trinajstić information content (AvgIpc) is 3.43. The van der Waals surface area contributed by atoms with Crippen molar-refractivity contribution in [3.8, 4) is 0 Å². The maximum atomic E-state index is 6.45. The van der Waals surface area contributed by atoms with Crippen LogP contribution in [-0.2, 0) is 14.2 Å². The third-order valence-corrected chi connectivity index (χ3v) is 4.68. The van der Waals surface area contributed by atoms with E-state index < -0.39 is 0 Å². The maximum absolute atomic E-state index is 6.45. The Kier molecular flexibility index (Phi) is 4.17. The standard InChI is InChI=1S/C20H22O3/c1-2-16-20(22-16)17-13-21-18(14-9-5-3-6-10-14)19(23-17)15-11-7-4-8-12-15/h3-12,16-20H,2,13H2,1H3/t16-,17+,18+,19+,20-/m1/s1. The highest BCUT2D eigenvalue weighted by Crippen LogP contribution is 2.43. The van der Waals surface area contributed by atoms with E-state index in [0.717, 1.165) is 17.5 Å². The van der Waals surface area contributed by atoms with Gasteiger partial charge in [0.1, 0.15) is 24.4 Å². The van der Waals surface area contributed by atoms with Gasteiger partial charge in [0.05, 0.1) is 12.7 Å². The molecule has 120 valence electrons. The first-order valence-electron chi connectivity index (χ1n) is 8.39. The lowest BCUT2D eigenvalue weighted by Crippen LogP contribution is -2.37. The molecular weight excluding hydrogens is 288 g/mol. The minimum atomic E-state index is -0.0981. The summed E-state index contributed by atoms with van der Waals surface area (Å²) >= 11 is 0. The SMILES string of the molecule is CC[C@H]1O[C@H]1[C@@H]1CO[C@@H](c2ccccc2)[C@H](c2ccccc2)O1. The molecule has 2 saturated heterocycles. The largest absolute Gasteiger partial charge is 0.368 e. The van der Waals surface area contributed by atoms with E-state index in [1.807, 2.05) is 36.4 Å². The van der Waals surface area contributed by atoms with Crippen LogP contribution in [0.3, 0.4) is 0 Å². The number of ether oxygens (including phenoxy) is 3. The molecule has 2 aliphatic rings. The summed E-state index contributed by atoms with van der Waals surface area (Å²) in [6.07, 6.45) is 1.39. The zero-order valence-electron chi connectivity index (χ0n) is 13.3. The molecule has 2 aromatic carbocycles. The van der Waals surface area contributed by atoms with Crippen molar-refractivity contribution >= 4 is 0 Å². The van der Waals surface area contributed by atoms with Crippen LogP contribution in [-0.4, -0.2) is 24.9 Å². The van der Waals surface area contributed by atoms with Crippen molar-refractivity contribution in [1.29, 1.82) is 0 Å². The molecule has 2 aliphatic heterocycles. The molecule has 0 bridgehead atoms. The van der Waals surface area contributed by atoms with E-state index in [4.69, 9.17) is 14.2 Å². The monoisotopic (exact) mass is 310 g/mol. The normalized spacial score (nSPS) is 33.3. The van der Waals surface area contributed by atoms with Gasteiger partial charge in [0.25, 0.3) is 0 Å². The molecule has 2 aromatic rings. The molecule has 23 heavy (non-hydrogen) atoms. The summed E-state index contributed by atoms with van der Waals surface area (Å²) in [5.74, 6) is 0. The van der Waals surface area contributed by atoms with Gasteiger partial charge < -0.3 is 14.2 Å². The van der Waals surface area contributed by atoms with Gasteiger partial charge in [-0.1, -0.05) is 67.6 Å². The van der Waals surface area contributed by atoms with Gasteiger partial charge in [-0.05, 0) is 17.5 Å². The summed E-state index contributed by atoms with van der Waals surface area (Å²) < 4.78 is 18.4. The van der Waals surface area contributed by atoms with Crippen LogP contribution >= 0.6 is 0 Å². The van der Waals surface area contributed by atoms with Gasteiger partial charge in [0, 0.05) is 0 Å². The van der Waals surface area contributed by atoms with Crippen LogP contribution in [0.4, 0.5) is 0 Å². The Morgan fingerprint density at radius 2 is 1.43 bits per heavy atom. The average molecular weight is 310 g/mol. The molecule has 0 radical (unpaired) electrons. The zero-order chi connectivity index (χ0) is 15.6. The van der Waals surface area contributed by atoms with E-state index >= 15 is 0 Å². The van der Waals surface area contributed by atoms with Crippen molar-refractivity contribution < 1.29 is 14.2 Å². The van der Waals surface area contributed by atoms with E-state index in [2.05, 4.69) is 31.2 Å². The van der Waals surface area contributed by atoms with Crippen molar-refractivity contribution in [1.82, 2.24) is 0 Å². The fourth-order valence-electron chi connectivity index (χ4n) is 3.38. The maximum Gasteiger partial charge on any atom is 0.113 e. The number of rotatable bonds is 4. The Morgan fingerprint density at radius 3 is 2.00 bits per heavy atom. The van der Waals surface area contributed by atoms with Gasteiger partial charge in [0.15, 0.2) is 0 Å². The van der Waals surface area contributed by atoms with Crippen molar-refractivity contribution in [2.24, 2.45) is 0 Å². The van der Waals surface area contributed by atoms with E-state index in [-0.39, 0.29) is 24.4 Å². The molecule has 0 aliphatic carbocycles. The highest BCUT2D eigenvalue weighted by molar-refractivity contribution is 5.26. The van der Waals surface area contributed by atoms with Crippen molar-refractivity contribution in [2.75, 3.05) is 6.61 Å². The molecule has 0 N–H and O–H groups in total. The second kappa shape index (κ2) is 6.44. The summed E-state index contributed by atoms with van der Waals surface area (Å²) in [5, 5.41) is 0. The molecule has 0 spiro atoms. The summed E-state index contributed by atoms with van der Waals surface area (Å²) in [7, 11) is 0. The summed E-state index contributed by atoms with van der Waals surface area (Å²) in [6, 6.07) is 20.7. The van der Waals surface area contributed by atoms with E-state index in [1.165, 1.54) is 0 Å². The van der Waals surface area contributed by atoms with Crippen molar-refractivity contribution in [2.45, 2.75) is 43.9 Å². The summed E-state index contributed by atoms with van der Waals surface area (Å²) in [5.41, 5.74) is 2.31. The van der Waals surface area contributed by atoms with Gasteiger partial charge in [-0.25, -0.2) is 0 Å². The number of hydrogen-bond acceptors (Lipinski definition) is 3. The summed E-state index contributed by atoms with van der Waals surface area (Å²) in [6.45, 7) is 2.74. The second-order valence-corrected chi connectivity index (χ2v) is 6.22. The topological polar surface area (TPSA) is 31.0 Å². The van der Waals surface area contributed by atoms with Crippen LogP contribution in [0.25, 0.3) is 0 Å². The lowest BCUT2D eigenvalue weighted by molar-refractivity contribution is -0.191. The van der Waals surface area contributed by atoms with Crippen molar-refractivity contribution in [3.63, 3.8) is 0 Å². The fourth-order valence-corrected chi connectivity index (χ4v) is 3.38. The Hall–Kier alpha value is -1.68. The lowest BCUT2D eigenvalue weighted by Gasteiger charge is -2.37. The molecule has 0 amide bonds. The zero-order valence-corrected chi connectivity index (χ0v) is 13.3. The predicted molar refractivity (Wildman–Crippen MR) is 88.1 cm³/mol. The first-order valence-corrected chi connectivity index (χ1v) is 8.39. The van der Waals surface area contributed by atoms with Crippen LogP contribution < -0.4 is 0 Å². The van der Waals surface area contributed by atoms with E-state index in [0.29, 0.717) is 12.7 Å². The first kappa shape index (κ1) is 14.9. The Morgan fingerprint density at radius 1 is 0.826 bits per heavy atom. The molecule has 0 unspecified atom stereocenters. The quantitative estimate of drug-likeness (QED) is 0.798.